The van der Waals surface area contributed by atoms with Gasteiger partial charge in [0.1, 0.15) is 5.76 Å². The number of hydrogen-bond donors (Lipinski definition) is 1. The molecule has 6 heteroatoms. The SMILES string of the molecule is O=C(/C=C/c1ccco1)Nc1cnn(CC2CCCCO2)c1. The second-order valence-electron chi connectivity index (χ2n) is 5.28. The van der Waals surface area contributed by atoms with Crippen LogP contribution < -0.4 is 5.32 Å². The Hall–Kier alpha value is -2.34. The number of ether oxygens (including phenoxy) is 1. The molecule has 22 heavy (non-hydrogen) atoms. The zero-order valence-corrected chi connectivity index (χ0v) is 12.3. The maximum atomic E-state index is 11.8. The lowest BCUT2D eigenvalue weighted by molar-refractivity contribution is -0.111. The van der Waals surface area contributed by atoms with Gasteiger partial charge >= 0.3 is 0 Å². The predicted molar refractivity (Wildman–Crippen MR) is 82.2 cm³/mol. The van der Waals surface area contributed by atoms with Crippen LogP contribution in [0, 0.1) is 0 Å². The number of carbonyl (C=O) groups excluding carboxylic acids is 1. The molecule has 2 aromatic rings. The normalized spacial score (nSPS) is 18.6. The molecular formula is C16H19N3O3. The third-order valence-corrected chi connectivity index (χ3v) is 3.51. The summed E-state index contributed by atoms with van der Waals surface area (Å²) in [5.41, 5.74) is 0.671. The van der Waals surface area contributed by atoms with Gasteiger partial charge in [-0.3, -0.25) is 9.48 Å². The largest absolute Gasteiger partial charge is 0.465 e. The van der Waals surface area contributed by atoms with E-state index in [2.05, 4.69) is 10.4 Å². The molecule has 0 aliphatic carbocycles. The first-order valence-electron chi connectivity index (χ1n) is 7.46. The van der Waals surface area contributed by atoms with E-state index in [1.54, 1.807) is 30.7 Å². The average molecular weight is 301 g/mol. The number of hydrogen-bond acceptors (Lipinski definition) is 4. The standard InChI is InChI=1S/C16H19N3O3/c20-16(7-6-14-5-3-9-21-14)18-13-10-17-19(11-13)12-15-4-1-2-8-22-15/h3,5-7,9-11,15H,1-2,4,8,12H2,(H,18,20)/b7-6+. The number of amides is 1. The lowest BCUT2D eigenvalue weighted by Crippen LogP contribution is -2.24. The van der Waals surface area contributed by atoms with E-state index in [1.165, 1.54) is 12.5 Å². The van der Waals surface area contributed by atoms with Crippen LogP contribution in [0.1, 0.15) is 25.0 Å². The van der Waals surface area contributed by atoms with Gasteiger partial charge in [0, 0.05) is 18.9 Å². The van der Waals surface area contributed by atoms with Crippen LogP contribution in [0.25, 0.3) is 6.08 Å². The van der Waals surface area contributed by atoms with Gasteiger partial charge in [-0.05, 0) is 37.5 Å². The first-order valence-corrected chi connectivity index (χ1v) is 7.46. The molecule has 0 saturated carbocycles. The van der Waals surface area contributed by atoms with E-state index in [0.717, 1.165) is 26.0 Å². The zero-order chi connectivity index (χ0) is 15.2. The van der Waals surface area contributed by atoms with Gasteiger partial charge in [-0.1, -0.05) is 0 Å². The highest BCUT2D eigenvalue weighted by Crippen LogP contribution is 2.15. The quantitative estimate of drug-likeness (QED) is 0.862. The Bertz CT molecular complexity index is 625. The molecule has 1 atom stereocenters. The summed E-state index contributed by atoms with van der Waals surface area (Å²) in [5.74, 6) is 0.421. The lowest BCUT2D eigenvalue weighted by Gasteiger charge is -2.22. The number of furan rings is 1. The van der Waals surface area contributed by atoms with Gasteiger partial charge < -0.3 is 14.5 Å². The molecular weight excluding hydrogens is 282 g/mol. The minimum Gasteiger partial charge on any atom is -0.465 e. The van der Waals surface area contributed by atoms with Gasteiger partial charge in [-0.2, -0.15) is 5.10 Å². The van der Waals surface area contributed by atoms with Gasteiger partial charge in [0.25, 0.3) is 0 Å². The summed E-state index contributed by atoms with van der Waals surface area (Å²) in [5, 5.41) is 7.02. The van der Waals surface area contributed by atoms with Crippen molar-refractivity contribution >= 4 is 17.7 Å². The van der Waals surface area contributed by atoms with Crippen LogP contribution in [-0.2, 0) is 16.1 Å². The topological polar surface area (TPSA) is 69.3 Å². The molecule has 1 unspecified atom stereocenters. The highest BCUT2D eigenvalue weighted by Gasteiger charge is 2.14. The zero-order valence-electron chi connectivity index (χ0n) is 12.3. The maximum absolute atomic E-state index is 11.8. The average Bonchev–Trinajstić information content (AvgIpc) is 3.18. The summed E-state index contributed by atoms with van der Waals surface area (Å²) < 4.78 is 12.6. The predicted octanol–water partition coefficient (Wildman–Crippen LogP) is 2.70. The molecule has 116 valence electrons. The fraction of sp³-hybridized carbons (Fsp3) is 0.375. The van der Waals surface area contributed by atoms with Crippen molar-refractivity contribution in [3.63, 3.8) is 0 Å². The first-order chi connectivity index (χ1) is 10.8. The molecule has 3 heterocycles. The van der Waals surface area contributed by atoms with Crippen molar-refractivity contribution in [1.82, 2.24) is 9.78 Å². The number of aromatic nitrogens is 2. The Balaban J connectivity index is 1.51. The number of nitrogens with zero attached hydrogens (tertiary/aromatic N) is 2. The third-order valence-electron chi connectivity index (χ3n) is 3.51. The monoisotopic (exact) mass is 301 g/mol. The Labute approximate surface area is 128 Å². The molecule has 3 rings (SSSR count). The van der Waals surface area contributed by atoms with E-state index < -0.39 is 0 Å². The molecule has 1 fully saturated rings. The minimum atomic E-state index is -0.218. The number of rotatable bonds is 5. The molecule has 1 aliphatic rings. The van der Waals surface area contributed by atoms with Crippen LogP contribution in [0.2, 0.25) is 0 Å². The van der Waals surface area contributed by atoms with Crippen molar-refractivity contribution in [3.05, 3.63) is 42.6 Å². The van der Waals surface area contributed by atoms with E-state index in [9.17, 15) is 4.79 Å². The Morgan fingerprint density at radius 1 is 1.50 bits per heavy atom. The highest BCUT2D eigenvalue weighted by atomic mass is 16.5. The third kappa shape index (κ3) is 4.08. The van der Waals surface area contributed by atoms with Gasteiger partial charge in [0.05, 0.1) is 30.8 Å². The summed E-state index contributed by atoms with van der Waals surface area (Å²) in [4.78, 5) is 11.8. The fourth-order valence-electron chi connectivity index (χ4n) is 2.42. The van der Waals surface area contributed by atoms with Crippen LogP contribution in [0.15, 0.2) is 41.3 Å². The van der Waals surface area contributed by atoms with Crippen molar-refractivity contribution in [1.29, 1.82) is 0 Å². The fourth-order valence-corrected chi connectivity index (χ4v) is 2.42. The molecule has 0 bridgehead atoms. The van der Waals surface area contributed by atoms with Crippen molar-refractivity contribution < 1.29 is 13.9 Å². The smallest absolute Gasteiger partial charge is 0.248 e. The van der Waals surface area contributed by atoms with Crippen molar-refractivity contribution in [2.24, 2.45) is 0 Å². The molecule has 1 N–H and O–H groups in total. The molecule has 0 spiro atoms. The van der Waals surface area contributed by atoms with Gasteiger partial charge in [-0.15, -0.1) is 0 Å². The molecule has 2 aromatic heterocycles. The molecule has 6 nitrogen and oxygen atoms in total. The van der Waals surface area contributed by atoms with Crippen LogP contribution >= 0.6 is 0 Å². The highest BCUT2D eigenvalue weighted by molar-refractivity contribution is 6.01. The maximum Gasteiger partial charge on any atom is 0.248 e. The summed E-state index contributed by atoms with van der Waals surface area (Å²) in [7, 11) is 0. The first kappa shape index (κ1) is 14.6. The lowest BCUT2D eigenvalue weighted by atomic mass is 10.1. The summed E-state index contributed by atoms with van der Waals surface area (Å²) in [6, 6.07) is 3.56. The molecule has 1 saturated heterocycles. The Morgan fingerprint density at radius 2 is 2.45 bits per heavy atom. The second-order valence-corrected chi connectivity index (χ2v) is 5.28. The summed E-state index contributed by atoms with van der Waals surface area (Å²) in [6.07, 6.45) is 11.7. The van der Waals surface area contributed by atoms with Gasteiger partial charge in [0.15, 0.2) is 0 Å². The van der Waals surface area contributed by atoms with Gasteiger partial charge in [-0.25, -0.2) is 0 Å². The van der Waals surface area contributed by atoms with E-state index in [1.807, 2.05) is 10.9 Å². The molecule has 1 aliphatic heterocycles. The minimum absolute atomic E-state index is 0.218. The number of carbonyl (C=O) groups is 1. The number of nitrogens with one attached hydrogen (secondary N) is 1. The summed E-state index contributed by atoms with van der Waals surface area (Å²) >= 11 is 0. The van der Waals surface area contributed by atoms with Crippen LogP contribution in [0.4, 0.5) is 5.69 Å². The molecule has 0 aromatic carbocycles. The van der Waals surface area contributed by atoms with E-state index in [0.29, 0.717) is 11.4 Å². The van der Waals surface area contributed by atoms with E-state index in [-0.39, 0.29) is 12.0 Å². The van der Waals surface area contributed by atoms with E-state index in [4.69, 9.17) is 9.15 Å². The van der Waals surface area contributed by atoms with E-state index >= 15 is 0 Å². The molecule has 0 radical (unpaired) electrons. The van der Waals surface area contributed by atoms with Crippen LogP contribution in [0.5, 0.6) is 0 Å². The van der Waals surface area contributed by atoms with Crippen LogP contribution in [-0.4, -0.2) is 28.4 Å². The number of anilines is 1. The Kier molecular flexibility index (Phi) is 4.70. The van der Waals surface area contributed by atoms with Crippen molar-refractivity contribution in [2.45, 2.75) is 31.9 Å². The van der Waals surface area contributed by atoms with Crippen molar-refractivity contribution in [2.75, 3.05) is 11.9 Å². The van der Waals surface area contributed by atoms with Crippen LogP contribution in [0.3, 0.4) is 0 Å². The molecule has 1 amide bonds. The summed E-state index contributed by atoms with van der Waals surface area (Å²) in [6.45, 7) is 1.55. The Morgan fingerprint density at radius 3 is 3.23 bits per heavy atom. The van der Waals surface area contributed by atoms with Crippen molar-refractivity contribution in [3.8, 4) is 0 Å². The second kappa shape index (κ2) is 7.09. The van der Waals surface area contributed by atoms with Gasteiger partial charge in [0.2, 0.25) is 5.91 Å².